The van der Waals surface area contributed by atoms with E-state index in [-0.39, 0.29) is 18.5 Å². The fourth-order valence-electron chi connectivity index (χ4n) is 9.58. The predicted octanol–water partition coefficient (Wildman–Crippen LogP) is 18.3. The van der Waals surface area contributed by atoms with E-state index in [9.17, 15) is 19.8 Å². The SMILES string of the molecule is CCCCCCCCCCCCCCCCC(O)C(CO)NC(=O)CCCCCCCCCCCCCCCCCCCCCCCCOC(=O)CCCCCCCCCCCCCC. The van der Waals surface area contributed by atoms with Crippen LogP contribution in [0.2, 0.25) is 0 Å². The van der Waals surface area contributed by atoms with Crippen molar-refractivity contribution in [2.45, 2.75) is 353 Å². The molecule has 0 aromatic carbocycles. The average molecular weight is 921 g/mol. The first-order chi connectivity index (χ1) is 32.0. The van der Waals surface area contributed by atoms with E-state index in [2.05, 4.69) is 19.2 Å². The molecule has 0 aliphatic heterocycles. The summed E-state index contributed by atoms with van der Waals surface area (Å²) in [4.78, 5) is 24.5. The van der Waals surface area contributed by atoms with Crippen LogP contribution in [0.15, 0.2) is 0 Å². The third kappa shape index (κ3) is 52.1. The van der Waals surface area contributed by atoms with Gasteiger partial charge in [-0.25, -0.2) is 0 Å². The molecule has 2 atom stereocenters. The van der Waals surface area contributed by atoms with Crippen LogP contribution in [0.1, 0.15) is 341 Å². The zero-order chi connectivity index (χ0) is 47.2. The van der Waals surface area contributed by atoms with Crippen molar-refractivity contribution in [2.24, 2.45) is 0 Å². The van der Waals surface area contributed by atoms with E-state index in [4.69, 9.17) is 4.74 Å². The Morgan fingerprint density at radius 3 is 0.938 bits per heavy atom. The van der Waals surface area contributed by atoms with Gasteiger partial charge < -0.3 is 20.3 Å². The maximum Gasteiger partial charge on any atom is 0.305 e. The van der Waals surface area contributed by atoms with E-state index in [0.29, 0.717) is 25.9 Å². The topological polar surface area (TPSA) is 95.9 Å². The van der Waals surface area contributed by atoms with E-state index in [1.165, 1.54) is 270 Å². The smallest absolute Gasteiger partial charge is 0.305 e. The Kier molecular flexibility index (Phi) is 54.5. The molecule has 0 saturated carbocycles. The number of amides is 1. The fraction of sp³-hybridized carbons (Fsp3) is 0.966. The second-order valence-corrected chi connectivity index (χ2v) is 20.7. The number of aliphatic hydroxyl groups excluding tert-OH is 2. The Hall–Kier alpha value is -1.14. The summed E-state index contributed by atoms with van der Waals surface area (Å²) in [7, 11) is 0. The predicted molar refractivity (Wildman–Crippen MR) is 283 cm³/mol. The van der Waals surface area contributed by atoms with Gasteiger partial charge in [-0.05, 0) is 25.7 Å². The summed E-state index contributed by atoms with van der Waals surface area (Å²) in [6.45, 7) is 4.97. The van der Waals surface area contributed by atoms with Gasteiger partial charge in [0.2, 0.25) is 5.91 Å². The maximum atomic E-state index is 12.5. The number of ether oxygens (including phenoxy) is 1. The monoisotopic (exact) mass is 920 g/mol. The van der Waals surface area contributed by atoms with Crippen molar-refractivity contribution in [3.05, 3.63) is 0 Å². The molecule has 1 amide bonds. The molecule has 0 fully saturated rings. The molecular formula is C59H117NO5. The minimum atomic E-state index is -0.662. The summed E-state index contributed by atoms with van der Waals surface area (Å²) < 4.78 is 5.47. The number of carbonyl (C=O) groups excluding carboxylic acids is 2. The molecule has 0 bridgehead atoms. The molecule has 0 aliphatic rings. The van der Waals surface area contributed by atoms with Crippen LogP contribution in [0.5, 0.6) is 0 Å². The summed E-state index contributed by atoms with van der Waals surface area (Å²) in [5.41, 5.74) is 0. The lowest BCUT2D eigenvalue weighted by molar-refractivity contribution is -0.143. The lowest BCUT2D eigenvalue weighted by Crippen LogP contribution is -2.45. The number of hydrogen-bond donors (Lipinski definition) is 3. The van der Waals surface area contributed by atoms with Gasteiger partial charge in [0, 0.05) is 12.8 Å². The van der Waals surface area contributed by atoms with Gasteiger partial charge in [-0.15, -0.1) is 0 Å². The first-order valence-corrected chi connectivity index (χ1v) is 29.8. The second kappa shape index (κ2) is 55.5. The van der Waals surface area contributed by atoms with Crippen molar-refractivity contribution >= 4 is 11.9 Å². The van der Waals surface area contributed by atoms with Crippen molar-refractivity contribution in [1.82, 2.24) is 5.32 Å². The lowest BCUT2D eigenvalue weighted by Gasteiger charge is -2.22. The van der Waals surface area contributed by atoms with Crippen molar-refractivity contribution in [1.29, 1.82) is 0 Å². The zero-order valence-corrected chi connectivity index (χ0v) is 44.3. The molecule has 0 saturated heterocycles. The van der Waals surface area contributed by atoms with E-state index in [0.717, 1.165) is 38.5 Å². The summed E-state index contributed by atoms with van der Waals surface area (Å²) in [6.07, 6.45) is 63.9. The maximum absolute atomic E-state index is 12.5. The van der Waals surface area contributed by atoms with Gasteiger partial charge in [0.05, 0.1) is 25.4 Å². The summed E-state index contributed by atoms with van der Waals surface area (Å²) >= 11 is 0. The Morgan fingerprint density at radius 2 is 0.631 bits per heavy atom. The molecule has 0 rings (SSSR count). The van der Waals surface area contributed by atoms with E-state index in [1.54, 1.807) is 0 Å². The van der Waals surface area contributed by atoms with Crippen LogP contribution >= 0.6 is 0 Å². The van der Waals surface area contributed by atoms with Gasteiger partial charge in [0.15, 0.2) is 0 Å². The van der Waals surface area contributed by atoms with Crippen LogP contribution in [0.3, 0.4) is 0 Å². The van der Waals surface area contributed by atoms with Gasteiger partial charge >= 0.3 is 5.97 Å². The van der Waals surface area contributed by atoms with E-state index < -0.39 is 12.1 Å². The molecule has 6 heteroatoms. The van der Waals surface area contributed by atoms with Crippen LogP contribution in [0.25, 0.3) is 0 Å². The number of unbranched alkanes of at least 4 members (excludes halogenated alkanes) is 45. The molecule has 0 aromatic heterocycles. The summed E-state index contributed by atoms with van der Waals surface area (Å²) in [5.74, 6) is -0.0179. The Labute approximate surface area is 406 Å². The lowest BCUT2D eigenvalue weighted by atomic mass is 10.0. The third-order valence-electron chi connectivity index (χ3n) is 14.2. The van der Waals surface area contributed by atoms with Crippen LogP contribution in [0, 0.1) is 0 Å². The zero-order valence-electron chi connectivity index (χ0n) is 44.3. The van der Waals surface area contributed by atoms with Gasteiger partial charge in [-0.2, -0.15) is 0 Å². The molecule has 0 radical (unpaired) electrons. The average Bonchev–Trinajstić information content (AvgIpc) is 3.31. The molecule has 3 N–H and O–H groups in total. The highest BCUT2D eigenvalue weighted by Gasteiger charge is 2.20. The highest BCUT2D eigenvalue weighted by atomic mass is 16.5. The molecule has 388 valence electrons. The molecule has 0 spiro atoms. The van der Waals surface area contributed by atoms with Crippen LogP contribution < -0.4 is 5.32 Å². The van der Waals surface area contributed by atoms with Crippen LogP contribution in [0.4, 0.5) is 0 Å². The number of nitrogens with one attached hydrogen (secondary N) is 1. The highest BCUT2D eigenvalue weighted by Crippen LogP contribution is 2.18. The van der Waals surface area contributed by atoms with Crippen molar-refractivity contribution in [3.8, 4) is 0 Å². The molecule has 65 heavy (non-hydrogen) atoms. The first-order valence-electron chi connectivity index (χ1n) is 29.8. The van der Waals surface area contributed by atoms with Crippen LogP contribution in [-0.2, 0) is 14.3 Å². The molecule has 6 nitrogen and oxygen atoms in total. The summed E-state index contributed by atoms with van der Waals surface area (Å²) in [5, 5.41) is 23.3. The van der Waals surface area contributed by atoms with Gasteiger partial charge in [0.1, 0.15) is 0 Å². The van der Waals surface area contributed by atoms with Gasteiger partial charge in [-0.1, -0.05) is 303 Å². The number of carbonyl (C=O) groups is 2. The standard InChI is InChI=1S/C59H117NO5/c1-3-5-7-9-11-13-15-17-28-31-35-39-43-47-51-57(62)56(55-61)60-58(63)52-48-44-40-36-32-29-26-24-22-20-18-19-21-23-25-27-30-34-38-42-46-50-54-65-59(64)53-49-45-41-37-33-16-14-12-10-8-6-4-2/h56-57,61-62H,3-55H2,1-2H3,(H,60,63). The fourth-order valence-corrected chi connectivity index (χ4v) is 9.58. The Morgan fingerprint density at radius 1 is 0.369 bits per heavy atom. The summed E-state index contributed by atoms with van der Waals surface area (Å²) in [6, 6.07) is -0.539. The normalized spacial score (nSPS) is 12.5. The van der Waals surface area contributed by atoms with Gasteiger partial charge in [0.25, 0.3) is 0 Å². The van der Waals surface area contributed by atoms with Crippen molar-refractivity contribution < 1.29 is 24.5 Å². The molecule has 0 aromatic rings. The Bertz CT molecular complexity index is 928. The number of hydrogen-bond acceptors (Lipinski definition) is 5. The largest absolute Gasteiger partial charge is 0.466 e. The van der Waals surface area contributed by atoms with E-state index >= 15 is 0 Å². The van der Waals surface area contributed by atoms with Crippen molar-refractivity contribution in [2.75, 3.05) is 13.2 Å². The van der Waals surface area contributed by atoms with Gasteiger partial charge in [-0.3, -0.25) is 9.59 Å². The third-order valence-corrected chi connectivity index (χ3v) is 14.2. The molecule has 2 unspecified atom stereocenters. The molecule has 0 heterocycles. The van der Waals surface area contributed by atoms with Crippen LogP contribution in [-0.4, -0.2) is 47.4 Å². The highest BCUT2D eigenvalue weighted by molar-refractivity contribution is 5.76. The quantitative estimate of drug-likeness (QED) is 0.0417. The minimum absolute atomic E-state index is 0.0148. The van der Waals surface area contributed by atoms with E-state index in [1.807, 2.05) is 0 Å². The van der Waals surface area contributed by atoms with Crippen molar-refractivity contribution in [3.63, 3.8) is 0 Å². The Balaban J connectivity index is 3.36. The second-order valence-electron chi connectivity index (χ2n) is 20.7. The number of esters is 1. The first kappa shape index (κ1) is 63.9. The number of aliphatic hydroxyl groups is 2. The molecule has 0 aliphatic carbocycles. The molecular weight excluding hydrogens is 803 g/mol. The minimum Gasteiger partial charge on any atom is -0.466 e. The number of rotatable bonds is 56.